The molecule has 0 saturated carbocycles. The minimum atomic E-state index is -0.0752. The van der Waals surface area contributed by atoms with Gasteiger partial charge in [0.05, 0.1) is 0 Å². The Kier molecular flexibility index (Phi) is 5.08. The molecule has 0 spiro atoms. The Labute approximate surface area is 162 Å². The molecule has 20 heteroatoms. The molecule has 0 fully saturated rings. The van der Waals surface area contributed by atoms with Crippen molar-refractivity contribution in [3.8, 4) is 11.8 Å². The molecule has 0 aliphatic carbocycles. The van der Waals surface area contributed by atoms with Crippen LogP contribution in [0.25, 0.3) is 0 Å². The van der Waals surface area contributed by atoms with Gasteiger partial charge in [0.15, 0.2) is 0 Å². The summed E-state index contributed by atoms with van der Waals surface area (Å²) in [5.41, 5.74) is 10.9. The molecular formula is C10H8N14O6. The van der Waals surface area contributed by atoms with Crippen LogP contribution in [0.15, 0.2) is 39.0 Å². The van der Waals surface area contributed by atoms with E-state index < -0.39 is 0 Å². The van der Waals surface area contributed by atoms with E-state index in [0.29, 0.717) is 0 Å². The van der Waals surface area contributed by atoms with E-state index in [0.717, 1.165) is 0 Å². The Balaban J connectivity index is 1.30. The van der Waals surface area contributed by atoms with E-state index in [1.54, 1.807) is 0 Å². The van der Waals surface area contributed by atoms with Crippen molar-refractivity contribution in [1.29, 1.82) is 0 Å². The van der Waals surface area contributed by atoms with Crippen LogP contribution in [-0.4, -0.2) is 54.5 Å². The van der Waals surface area contributed by atoms with Gasteiger partial charge in [0, 0.05) is 0 Å². The third-order valence-corrected chi connectivity index (χ3v) is 2.92. The molecule has 4 aromatic heterocycles. The molecule has 20 nitrogen and oxygen atoms in total. The zero-order valence-corrected chi connectivity index (χ0v) is 14.4. The Morgan fingerprint density at radius 2 is 0.900 bits per heavy atom. The molecule has 0 amide bonds. The van der Waals surface area contributed by atoms with E-state index in [1.165, 1.54) is 0 Å². The molecule has 0 aliphatic heterocycles. The van der Waals surface area contributed by atoms with E-state index in [1.807, 2.05) is 0 Å². The second-order valence-electron chi connectivity index (χ2n) is 4.83. The highest BCUT2D eigenvalue weighted by molar-refractivity contribution is 5.49. The fourth-order valence-corrected chi connectivity index (χ4v) is 1.64. The van der Waals surface area contributed by atoms with Crippen molar-refractivity contribution in [2.24, 2.45) is 20.5 Å². The highest BCUT2D eigenvalue weighted by Gasteiger charge is 2.15. The summed E-state index contributed by atoms with van der Waals surface area (Å²) in [6, 6.07) is 0. The van der Waals surface area contributed by atoms with Crippen molar-refractivity contribution in [2.75, 3.05) is 24.7 Å². The number of anilines is 2. The summed E-state index contributed by atoms with van der Waals surface area (Å²) in [5.74, 6) is -0.478. The highest BCUT2D eigenvalue weighted by Crippen LogP contribution is 2.27. The fourth-order valence-electron chi connectivity index (χ4n) is 1.64. The van der Waals surface area contributed by atoms with Crippen molar-refractivity contribution in [3.05, 3.63) is 0 Å². The van der Waals surface area contributed by atoms with Gasteiger partial charge >= 0.3 is 11.8 Å². The number of hydrogen-bond donors (Lipinski definition) is 2. The van der Waals surface area contributed by atoms with Gasteiger partial charge in [-0.25, -0.2) is 18.5 Å². The number of azo groups is 2. The summed E-state index contributed by atoms with van der Waals surface area (Å²) in [6.45, 7) is -0.0397. The standard InChI is InChI=1S/C10H8N14O6/c11-3-5(19-27-17-3)13-15-7-9(23-29-21-7)25-1-2-26-10-8(22-30-24-10)16-14-6-4(12)18-28-20-6/h1-2H2,(H2,11,17)(H2,12,18). The van der Waals surface area contributed by atoms with Crippen LogP contribution in [0.4, 0.5) is 34.9 Å². The van der Waals surface area contributed by atoms with Crippen LogP contribution in [0.5, 0.6) is 11.8 Å². The van der Waals surface area contributed by atoms with Gasteiger partial charge in [0.25, 0.3) is 23.3 Å². The summed E-state index contributed by atoms with van der Waals surface area (Å²) in [5, 5.41) is 42.4. The number of hydrogen-bond acceptors (Lipinski definition) is 20. The van der Waals surface area contributed by atoms with E-state index in [9.17, 15) is 0 Å². The van der Waals surface area contributed by atoms with Crippen LogP contribution in [0.3, 0.4) is 0 Å². The third-order valence-electron chi connectivity index (χ3n) is 2.92. The molecule has 0 aliphatic rings. The first-order valence-electron chi connectivity index (χ1n) is 7.61. The summed E-state index contributed by atoms with van der Waals surface area (Å²) >= 11 is 0. The summed E-state index contributed by atoms with van der Waals surface area (Å²) in [7, 11) is 0. The maximum absolute atomic E-state index is 5.45. The Morgan fingerprint density at radius 1 is 0.533 bits per heavy atom. The number of nitrogens with two attached hydrogens (primary N) is 2. The summed E-state index contributed by atoms with van der Waals surface area (Å²) < 4.78 is 28.5. The van der Waals surface area contributed by atoms with E-state index in [4.69, 9.17) is 20.9 Å². The first kappa shape index (κ1) is 18.3. The van der Waals surface area contributed by atoms with Crippen LogP contribution in [-0.2, 0) is 0 Å². The number of rotatable bonds is 9. The van der Waals surface area contributed by atoms with Gasteiger partial charge in [-0.2, -0.15) is 0 Å². The molecule has 4 N–H and O–H groups in total. The molecular weight excluding hydrogens is 412 g/mol. The minimum Gasteiger partial charge on any atom is -0.469 e. The molecule has 4 aromatic rings. The first-order valence-corrected chi connectivity index (χ1v) is 7.61. The van der Waals surface area contributed by atoms with Gasteiger partial charge < -0.3 is 20.9 Å². The average molecular weight is 420 g/mol. The van der Waals surface area contributed by atoms with Gasteiger partial charge in [0.2, 0.25) is 11.6 Å². The quantitative estimate of drug-likeness (QED) is 0.278. The molecule has 30 heavy (non-hydrogen) atoms. The second kappa shape index (κ2) is 8.32. The largest absolute Gasteiger partial charge is 0.469 e. The van der Waals surface area contributed by atoms with Gasteiger partial charge in [-0.15, -0.1) is 20.5 Å². The van der Waals surface area contributed by atoms with E-state index in [2.05, 4.69) is 80.2 Å². The second-order valence-corrected chi connectivity index (χ2v) is 4.83. The average Bonchev–Trinajstić information content (AvgIpc) is 3.52. The number of nitrogens with zero attached hydrogens (tertiary/aromatic N) is 12. The zero-order valence-electron chi connectivity index (χ0n) is 14.4. The van der Waals surface area contributed by atoms with Crippen LogP contribution in [0, 0.1) is 0 Å². The number of ether oxygens (including phenoxy) is 2. The molecule has 0 saturated heterocycles. The van der Waals surface area contributed by atoms with Crippen molar-refractivity contribution in [2.45, 2.75) is 0 Å². The number of nitrogen functional groups attached to an aromatic ring is 2. The fraction of sp³-hybridized carbons (Fsp3) is 0.200. The molecule has 0 unspecified atom stereocenters. The topological polar surface area (TPSA) is 276 Å². The van der Waals surface area contributed by atoms with E-state index in [-0.39, 0.29) is 59.9 Å². The van der Waals surface area contributed by atoms with Crippen LogP contribution in [0.1, 0.15) is 0 Å². The van der Waals surface area contributed by atoms with Crippen molar-refractivity contribution >= 4 is 34.9 Å². The van der Waals surface area contributed by atoms with E-state index >= 15 is 0 Å². The number of aromatic nitrogens is 8. The first-order chi connectivity index (χ1) is 14.7. The highest BCUT2D eigenvalue weighted by atomic mass is 16.6. The van der Waals surface area contributed by atoms with Gasteiger partial charge in [-0.05, 0) is 41.3 Å². The van der Waals surface area contributed by atoms with Crippen LogP contribution in [0.2, 0.25) is 0 Å². The normalized spacial score (nSPS) is 11.6. The lowest BCUT2D eigenvalue weighted by molar-refractivity contribution is 0.188. The lowest BCUT2D eigenvalue weighted by Gasteiger charge is -2.02. The predicted octanol–water partition coefficient (Wildman–Crippen LogP) is 0.672. The van der Waals surface area contributed by atoms with Crippen LogP contribution < -0.4 is 20.9 Å². The van der Waals surface area contributed by atoms with Crippen molar-refractivity contribution in [1.82, 2.24) is 41.3 Å². The van der Waals surface area contributed by atoms with Crippen molar-refractivity contribution in [3.63, 3.8) is 0 Å². The molecule has 0 aromatic carbocycles. The third kappa shape index (κ3) is 4.10. The SMILES string of the molecule is Nc1nonc1N=Nc1nonc1OCCOc1nonc1N=Nc1nonc1N. The maximum atomic E-state index is 5.45. The van der Waals surface area contributed by atoms with Crippen LogP contribution >= 0.6 is 0 Å². The summed E-state index contributed by atoms with van der Waals surface area (Å²) in [6.07, 6.45) is 0. The predicted molar refractivity (Wildman–Crippen MR) is 85.4 cm³/mol. The zero-order chi connectivity index (χ0) is 20.8. The Morgan fingerprint density at radius 3 is 1.30 bits per heavy atom. The van der Waals surface area contributed by atoms with Gasteiger partial charge in [0.1, 0.15) is 13.2 Å². The molecule has 154 valence electrons. The monoisotopic (exact) mass is 420 g/mol. The lowest BCUT2D eigenvalue weighted by atomic mass is 10.6. The Hall–Kier alpha value is -5.04. The molecule has 0 atom stereocenters. The Bertz CT molecular complexity index is 1070. The maximum Gasteiger partial charge on any atom is 0.304 e. The molecule has 4 rings (SSSR count). The van der Waals surface area contributed by atoms with Gasteiger partial charge in [-0.3, -0.25) is 0 Å². The molecule has 4 heterocycles. The molecule has 0 radical (unpaired) electrons. The van der Waals surface area contributed by atoms with Crippen molar-refractivity contribution < 1.29 is 28.0 Å². The smallest absolute Gasteiger partial charge is 0.304 e. The summed E-state index contributed by atoms with van der Waals surface area (Å²) in [4.78, 5) is 0. The minimum absolute atomic E-state index is 0.0199. The molecule has 0 bridgehead atoms. The van der Waals surface area contributed by atoms with Gasteiger partial charge in [-0.1, -0.05) is 0 Å². The lowest BCUT2D eigenvalue weighted by Crippen LogP contribution is -2.09.